The molecule has 0 saturated heterocycles. The van der Waals surface area contributed by atoms with Crippen LogP contribution in [0.25, 0.3) is 5.65 Å². The van der Waals surface area contributed by atoms with Crippen LogP contribution in [0.5, 0.6) is 5.75 Å². The fourth-order valence-electron chi connectivity index (χ4n) is 3.76. The van der Waals surface area contributed by atoms with E-state index < -0.39 is 5.91 Å². The van der Waals surface area contributed by atoms with E-state index in [9.17, 15) is 9.59 Å². The van der Waals surface area contributed by atoms with E-state index in [0.29, 0.717) is 31.6 Å². The van der Waals surface area contributed by atoms with Crippen LogP contribution in [-0.2, 0) is 24.4 Å². The molecule has 0 aliphatic heterocycles. The molecular formula is C25H26N6O3. The first-order valence-corrected chi connectivity index (χ1v) is 10.9. The zero-order chi connectivity index (χ0) is 24.1. The normalized spacial score (nSPS) is 10.9. The molecule has 34 heavy (non-hydrogen) atoms. The highest BCUT2D eigenvalue weighted by atomic mass is 16.5. The standard InChI is InChI=1S/C25H26N6O3/c1-16-21(17(2)31-25(30-16)22(14-29-31)24(26)33)9-10-23(32)28-13-18-6-5-8-20(12-18)34-15-19-7-3-4-11-27-19/h3-8,11-12,14H,9-10,13,15H2,1-2H3,(H2,26,33)(H,28,32). The first-order valence-electron chi connectivity index (χ1n) is 10.9. The number of aryl methyl sites for hydroxylation is 2. The molecule has 1 aromatic carbocycles. The Kier molecular flexibility index (Phi) is 6.82. The highest BCUT2D eigenvalue weighted by Gasteiger charge is 2.17. The van der Waals surface area contributed by atoms with Gasteiger partial charge in [0.15, 0.2) is 5.65 Å². The monoisotopic (exact) mass is 458 g/mol. The lowest BCUT2D eigenvalue weighted by molar-refractivity contribution is -0.121. The van der Waals surface area contributed by atoms with Crippen LogP contribution < -0.4 is 15.8 Å². The van der Waals surface area contributed by atoms with Crippen molar-refractivity contribution in [3.8, 4) is 5.75 Å². The summed E-state index contributed by atoms with van der Waals surface area (Å²) in [6.07, 6.45) is 3.96. The first kappa shape index (κ1) is 22.9. The molecule has 2 amide bonds. The third-order valence-electron chi connectivity index (χ3n) is 5.58. The molecule has 4 aromatic rings. The number of carbonyl (C=O) groups is 2. The second-order valence-corrected chi connectivity index (χ2v) is 7.95. The SMILES string of the molecule is Cc1nc2c(C(N)=O)cnn2c(C)c1CCC(=O)NCc1cccc(OCc2ccccn2)c1. The molecule has 174 valence electrons. The van der Waals surface area contributed by atoms with Crippen molar-refractivity contribution in [2.75, 3.05) is 0 Å². The van der Waals surface area contributed by atoms with Crippen molar-refractivity contribution in [2.24, 2.45) is 5.73 Å². The molecule has 4 rings (SSSR count). The number of pyridine rings is 1. The van der Waals surface area contributed by atoms with Gasteiger partial charge in [-0.3, -0.25) is 14.6 Å². The molecule has 0 unspecified atom stereocenters. The number of primary amides is 1. The quantitative estimate of drug-likeness (QED) is 0.397. The average molecular weight is 459 g/mol. The van der Waals surface area contributed by atoms with Crippen molar-refractivity contribution in [3.05, 3.63) is 88.6 Å². The van der Waals surface area contributed by atoms with Gasteiger partial charge in [0, 0.05) is 30.6 Å². The number of carbonyl (C=O) groups excluding carboxylic acids is 2. The summed E-state index contributed by atoms with van der Waals surface area (Å²) >= 11 is 0. The Hall–Kier alpha value is -4.27. The Labute approximate surface area is 197 Å². The van der Waals surface area contributed by atoms with Gasteiger partial charge in [0.25, 0.3) is 5.91 Å². The van der Waals surface area contributed by atoms with Gasteiger partial charge in [0.05, 0.1) is 11.9 Å². The van der Waals surface area contributed by atoms with Crippen LogP contribution >= 0.6 is 0 Å². The van der Waals surface area contributed by atoms with E-state index in [1.54, 1.807) is 10.7 Å². The van der Waals surface area contributed by atoms with Gasteiger partial charge in [-0.2, -0.15) is 5.10 Å². The predicted molar refractivity (Wildman–Crippen MR) is 126 cm³/mol. The maximum Gasteiger partial charge on any atom is 0.254 e. The molecule has 0 fully saturated rings. The largest absolute Gasteiger partial charge is 0.487 e. The Balaban J connectivity index is 1.33. The van der Waals surface area contributed by atoms with Gasteiger partial charge in [-0.1, -0.05) is 18.2 Å². The van der Waals surface area contributed by atoms with Gasteiger partial charge in [-0.05, 0) is 55.7 Å². The summed E-state index contributed by atoms with van der Waals surface area (Å²) < 4.78 is 7.40. The van der Waals surface area contributed by atoms with Gasteiger partial charge >= 0.3 is 0 Å². The fourth-order valence-corrected chi connectivity index (χ4v) is 3.76. The van der Waals surface area contributed by atoms with Crippen LogP contribution in [0.4, 0.5) is 0 Å². The predicted octanol–water partition coefficient (Wildman–Crippen LogP) is 2.67. The van der Waals surface area contributed by atoms with Crippen molar-refractivity contribution >= 4 is 17.5 Å². The summed E-state index contributed by atoms with van der Waals surface area (Å²) in [6, 6.07) is 13.3. The lowest BCUT2D eigenvalue weighted by Crippen LogP contribution is -2.23. The fraction of sp³-hybridized carbons (Fsp3) is 0.240. The van der Waals surface area contributed by atoms with Crippen LogP contribution in [-0.4, -0.2) is 31.4 Å². The number of hydrogen-bond acceptors (Lipinski definition) is 6. The van der Waals surface area contributed by atoms with E-state index in [4.69, 9.17) is 10.5 Å². The lowest BCUT2D eigenvalue weighted by Gasteiger charge is -2.12. The molecule has 3 aromatic heterocycles. The van der Waals surface area contributed by atoms with E-state index in [2.05, 4.69) is 20.4 Å². The molecule has 9 heteroatoms. The molecule has 3 heterocycles. The number of nitrogens with zero attached hydrogens (tertiary/aromatic N) is 4. The second kappa shape index (κ2) is 10.1. The van der Waals surface area contributed by atoms with Gasteiger partial charge < -0.3 is 15.8 Å². The average Bonchev–Trinajstić information content (AvgIpc) is 3.26. The maximum atomic E-state index is 12.5. The van der Waals surface area contributed by atoms with Crippen LogP contribution in [0, 0.1) is 13.8 Å². The Morgan fingerprint density at radius 2 is 2.00 bits per heavy atom. The number of nitrogens with one attached hydrogen (secondary N) is 1. The number of hydrogen-bond donors (Lipinski definition) is 2. The van der Waals surface area contributed by atoms with Crippen molar-refractivity contribution in [3.63, 3.8) is 0 Å². The smallest absolute Gasteiger partial charge is 0.254 e. The number of rotatable bonds is 9. The van der Waals surface area contributed by atoms with Crippen LogP contribution in [0.2, 0.25) is 0 Å². The zero-order valence-corrected chi connectivity index (χ0v) is 19.1. The lowest BCUT2D eigenvalue weighted by atomic mass is 10.1. The molecule has 0 spiro atoms. The second-order valence-electron chi connectivity index (χ2n) is 7.95. The van der Waals surface area contributed by atoms with E-state index in [0.717, 1.165) is 34.0 Å². The van der Waals surface area contributed by atoms with Crippen molar-refractivity contribution in [1.29, 1.82) is 0 Å². The molecule has 0 aliphatic rings. The molecular weight excluding hydrogens is 432 g/mol. The topological polar surface area (TPSA) is 124 Å². The molecule has 0 saturated carbocycles. The summed E-state index contributed by atoms with van der Waals surface area (Å²) in [5.74, 6) is 0.0780. The minimum absolute atomic E-state index is 0.0722. The van der Waals surface area contributed by atoms with E-state index in [-0.39, 0.29) is 11.5 Å². The minimum atomic E-state index is -0.570. The van der Waals surface area contributed by atoms with Crippen molar-refractivity contribution in [2.45, 2.75) is 39.8 Å². The summed E-state index contributed by atoms with van der Waals surface area (Å²) in [6.45, 7) is 4.53. The third kappa shape index (κ3) is 5.20. The summed E-state index contributed by atoms with van der Waals surface area (Å²) in [4.78, 5) is 32.8. The van der Waals surface area contributed by atoms with Crippen molar-refractivity contribution in [1.82, 2.24) is 24.9 Å². The van der Waals surface area contributed by atoms with E-state index in [1.807, 2.05) is 56.3 Å². The maximum absolute atomic E-state index is 12.5. The van der Waals surface area contributed by atoms with Gasteiger partial charge in [0.2, 0.25) is 5.91 Å². The molecule has 0 bridgehead atoms. The first-order chi connectivity index (χ1) is 16.4. The number of ether oxygens (including phenoxy) is 1. The summed E-state index contributed by atoms with van der Waals surface area (Å²) in [7, 11) is 0. The van der Waals surface area contributed by atoms with Gasteiger partial charge in [-0.25, -0.2) is 9.50 Å². The van der Waals surface area contributed by atoms with Crippen LogP contribution in [0.1, 0.15) is 45.0 Å². The Bertz CT molecular complexity index is 1330. The summed E-state index contributed by atoms with van der Waals surface area (Å²) in [5.41, 5.74) is 10.4. The highest BCUT2D eigenvalue weighted by Crippen LogP contribution is 2.19. The van der Waals surface area contributed by atoms with Crippen LogP contribution in [0.3, 0.4) is 0 Å². The zero-order valence-electron chi connectivity index (χ0n) is 19.1. The molecule has 9 nitrogen and oxygen atoms in total. The number of nitrogens with two attached hydrogens (primary N) is 1. The van der Waals surface area contributed by atoms with Gasteiger partial charge in [-0.15, -0.1) is 0 Å². The molecule has 0 aliphatic carbocycles. The molecule has 3 N–H and O–H groups in total. The Morgan fingerprint density at radius 3 is 2.76 bits per heavy atom. The van der Waals surface area contributed by atoms with E-state index in [1.165, 1.54) is 6.20 Å². The van der Waals surface area contributed by atoms with Crippen molar-refractivity contribution < 1.29 is 14.3 Å². The number of aromatic nitrogens is 4. The summed E-state index contributed by atoms with van der Waals surface area (Å²) in [5, 5.41) is 7.18. The minimum Gasteiger partial charge on any atom is -0.487 e. The molecule has 0 radical (unpaired) electrons. The van der Waals surface area contributed by atoms with Gasteiger partial charge in [0.1, 0.15) is 17.9 Å². The van der Waals surface area contributed by atoms with E-state index >= 15 is 0 Å². The number of fused-ring (bicyclic) bond motifs is 1. The Morgan fingerprint density at radius 1 is 1.15 bits per heavy atom. The number of benzene rings is 1. The highest BCUT2D eigenvalue weighted by molar-refractivity contribution is 5.98. The van der Waals surface area contributed by atoms with Crippen LogP contribution in [0.15, 0.2) is 54.9 Å². The third-order valence-corrected chi connectivity index (χ3v) is 5.58. The number of amides is 2. The molecule has 0 atom stereocenters.